The van der Waals surface area contributed by atoms with Crippen molar-refractivity contribution in [1.29, 1.82) is 0 Å². The fourth-order valence-electron chi connectivity index (χ4n) is 4.50. The minimum atomic E-state index is -0.292. The van der Waals surface area contributed by atoms with Crippen molar-refractivity contribution in [1.82, 2.24) is 20.1 Å². The molecule has 1 aliphatic heterocycles. The van der Waals surface area contributed by atoms with Crippen LogP contribution in [0.4, 0.5) is 4.39 Å². The number of hydrogen-bond donors (Lipinski definition) is 1. The Balaban J connectivity index is 1.24. The Bertz CT molecular complexity index is 841. The third-order valence-corrected chi connectivity index (χ3v) is 6.44. The Kier molecular flexibility index (Phi) is 6.75. The van der Waals surface area contributed by atoms with Crippen LogP contribution >= 0.6 is 0 Å². The van der Waals surface area contributed by atoms with E-state index in [1.54, 1.807) is 24.4 Å². The highest BCUT2D eigenvalue weighted by Gasteiger charge is 2.25. The number of nitrogens with one attached hydrogen (secondary N) is 1. The van der Waals surface area contributed by atoms with Crippen LogP contribution in [-0.2, 0) is 0 Å². The highest BCUT2D eigenvalue weighted by molar-refractivity contribution is 5.94. The molecule has 30 heavy (non-hydrogen) atoms. The van der Waals surface area contributed by atoms with Crippen LogP contribution in [0.5, 0.6) is 0 Å². The van der Waals surface area contributed by atoms with Crippen LogP contribution < -0.4 is 5.32 Å². The van der Waals surface area contributed by atoms with Gasteiger partial charge in [-0.3, -0.25) is 9.78 Å². The van der Waals surface area contributed by atoms with Crippen molar-refractivity contribution in [2.75, 3.05) is 39.8 Å². The number of carbonyl (C=O) groups excluding carboxylic acids is 1. The Morgan fingerprint density at radius 1 is 1.10 bits per heavy atom. The van der Waals surface area contributed by atoms with E-state index in [0.29, 0.717) is 16.8 Å². The Morgan fingerprint density at radius 2 is 1.87 bits per heavy atom. The summed E-state index contributed by atoms with van der Waals surface area (Å²) in [7, 11) is 2.19. The zero-order valence-electron chi connectivity index (χ0n) is 17.7. The molecular formula is C24H31FN4O. The van der Waals surface area contributed by atoms with Gasteiger partial charge >= 0.3 is 0 Å². The molecular weight excluding hydrogens is 379 g/mol. The molecule has 6 heteroatoms. The minimum absolute atomic E-state index is 0.0733. The van der Waals surface area contributed by atoms with E-state index in [1.165, 1.54) is 44.6 Å². The molecule has 0 radical (unpaired) electrons. The predicted molar refractivity (Wildman–Crippen MR) is 117 cm³/mol. The van der Waals surface area contributed by atoms with E-state index in [2.05, 4.69) is 27.1 Å². The summed E-state index contributed by atoms with van der Waals surface area (Å²) in [6.45, 7) is 5.87. The van der Waals surface area contributed by atoms with Gasteiger partial charge in [-0.25, -0.2) is 4.39 Å². The summed E-state index contributed by atoms with van der Waals surface area (Å²) in [5.41, 5.74) is 1.92. The molecule has 1 N–H and O–H groups in total. The predicted octanol–water partition coefficient (Wildman–Crippen LogP) is 3.42. The average Bonchev–Trinajstić information content (AvgIpc) is 2.77. The van der Waals surface area contributed by atoms with E-state index in [4.69, 9.17) is 0 Å². The molecule has 4 rings (SSSR count). The van der Waals surface area contributed by atoms with Gasteiger partial charge < -0.3 is 15.1 Å². The van der Waals surface area contributed by atoms with Crippen LogP contribution in [-0.4, -0.2) is 66.5 Å². The second-order valence-electron chi connectivity index (χ2n) is 8.74. The second kappa shape index (κ2) is 9.67. The zero-order valence-corrected chi connectivity index (χ0v) is 17.7. The molecule has 1 saturated heterocycles. The quantitative estimate of drug-likeness (QED) is 0.821. The number of nitrogens with zero attached hydrogens (tertiary/aromatic N) is 3. The number of aromatic nitrogens is 1. The van der Waals surface area contributed by atoms with Crippen molar-refractivity contribution < 1.29 is 9.18 Å². The lowest BCUT2D eigenvalue weighted by Gasteiger charge is -2.37. The van der Waals surface area contributed by atoms with Gasteiger partial charge in [0, 0.05) is 50.5 Å². The smallest absolute Gasteiger partial charge is 0.253 e. The van der Waals surface area contributed by atoms with E-state index in [1.807, 2.05) is 6.07 Å². The number of likely N-dealkylation sites (N-methyl/N-ethyl adjacent to an activating group) is 1. The lowest BCUT2D eigenvalue weighted by Crippen LogP contribution is -2.47. The first-order valence-corrected chi connectivity index (χ1v) is 11.0. The van der Waals surface area contributed by atoms with Crippen LogP contribution in [0.1, 0.15) is 36.0 Å². The Labute approximate surface area is 178 Å². The SMILES string of the molecule is CN1CCN(C[C@H]2CC[C@H](NC(=O)c3ccc(-c4cccc(F)c4)nc3)CC2)CC1. The average molecular weight is 411 g/mol. The molecule has 160 valence electrons. The zero-order chi connectivity index (χ0) is 20.9. The lowest BCUT2D eigenvalue weighted by atomic mass is 9.85. The first-order chi connectivity index (χ1) is 14.6. The number of amides is 1. The number of rotatable bonds is 5. The summed E-state index contributed by atoms with van der Waals surface area (Å²) in [5, 5.41) is 3.17. The topological polar surface area (TPSA) is 48.5 Å². The molecule has 0 unspecified atom stereocenters. The third kappa shape index (κ3) is 5.43. The summed E-state index contributed by atoms with van der Waals surface area (Å²) in [4.78, 5) is 22.0. The van der Waals surface area contributed by atoms with E-state index in [9.17, 15) is 9.18 Å². The maximum absolute atomic E-state index is 13.4. The van der Waals surface area contributed by atoms with Gasteiger partial charge in [0.25, 0.3) is 5.91 Å². The number of halogens is 1. The first kappa shape index (κ1) is 20.9. The molecule has 5 nitrogen and oxygen atoms in total. The van der Waals surface area contributed by atoms with Gasteiger partial charge in [0.1, 0.15) is 5.82 Å². The minimum Gasteiger partial charge on any atom is -0.349 e. The van der Waals surface area contributed by atoms with E-state index >= 15 is 0 Å². The van der Waals surface area contributed by atoms with Gasteiger partial charge in [-0.15, -0.1) is 0 Å². The Hall–Kier alpha value is -2.31. The lowest BCUT2D eigenvalue weighted by molar-refractivity contribution is 0.0906. The molecule has 2 aliphatic rings. The highest BCUT2D eigenvalue weighted by atomic mass is 19.1. The molecule has 1 saturated carbocycles. The largest absolute Gasteiger partial charge is 0.349 e. The molecule has 0 atom stereocenters. The van der Waals surface area contributed by atoms with Gasteiger partial charge in [-0.1, -0.05) is 12.1 Å². The van der Waals surface area contributed by atoms with Crippen molar-refractivity contribution in [3.8, 4) is 11.3 Å². The highest BCUT2D eigenvalue weighted by Crippen LogP contribution is 2.26. The normalized spacial score (nSPS) is 23.3. The number of carbonyl (C=O) groups is 1. The van der Waals surface area contributed by atoms with Crippen molar-refractivity contribution >= 4 is 5.91 Å². The fourth-order valence-corrected chi connectivity index (χ4v) is 4.50. The fraction of sp³-hybridized carbons (Fsp3) is 0.500. The third-order valence-electron chi connectivity index (χ3n) is 6.44. The van der Waals surface area contributed by atoms with Gasteiger partial charge in [-0.2, -0.15) is 0 Å². The molecule has 1 amide bonds. The summed E-state index contributed by atoms with van der Waals surface area (Å²) >= 11 is 0. The van der Waals surface area contributed by atoms with Crippen LogP contribution in [0.2, 0.25) is 0 Å². The van der Waals surface area contributed by atoms with Crippen LogP contribution in [0.3, 0.4) is 0 Å². The second-order valence-corrected chi connectivity index (χ2v) is 8.74. The van der Waals surface area contributed by atoms with Crippen molar-refractivity contribution in [3.63, 3.8) is 0 Å². The standard InChI is InChI=1S/C24H31FN4O/c1-28-11-13-29(14-12-28)17-18-5-8-22(9-6-18)27-24(30)20-7-10-23(26-16-20)19-3-2-4-21(25)15-19/h2-4,7,10,15-16,18,22H,5-6,8-9,11-14,17H2,1H3,(H,27,30)/t18-,22-. The number of benzene rings is 1. The van der Waals surface area contributed by atoms with E-state index < -0.39 is 0 Å². The van der Waals surface area contributed by atoms with E-state index in [0.717, 1.165) is 31.8 Å². The van der Waals surface area contributed by atoms with Gasteiger partial charge in [0.05, 0.1) is 11.3 Å². The maximum atomic E-state index is 13.4. The van der Waals surface area contributed by atoms with Gasteiger partial charge in [0.15, 0.2) is 0 Å². The number of pyridine rings is 1. The van der Waals surface area contributed by atoms with Crippen molar-refractivity contribution in [3.05, 3.63) is 54.0 Å². The summed E-state index contributed by atoms with van der Waals surface area (Å²) in [6.07, 6.45) is 6.01. The first-order valence-electron chi connectivity index (χ1n) is 11.0. The molecule has 0 spiro atoms. The van der Waals surface area contributed by atoms with E-state index in [-0.39, 0.29) is 17.8 Å². The molecule has 1 aromatic heterocycles. The van der Waals surface area contributed by atoms with Gasteiger partial charge in [0.2, 0.25) is 0 Å². The van der Waals surface area contributed by atoms with Crippen molar-refractivity contribution in [2.45, 2.75) is 31.7 Å². The number of piperazine rings is 1. The van der Waals surface area contributed by atoms with Crippen LogP contribution in [0, 0.1) is 11.7 Å². The maximum Gasteiger partial charge on any atom is 0.253 e. The molecule has 1 aromatic carbocycles. The van der Waals surface area contributed by atoms with Crippen LogP contribution in [0.15, 0.2) is 42.6 Å². The number of hydrogen-bond acceptors (Lipinski definition) is 4. The molecule has 2 heterocycles. The monoisotopic (exact) mass is 410 g/mol. The molecule has 2 fully saturated rings. The molecule has 0 bridgehead atoms. The molecule has 1 aliphatic carbocycles. The van der Waals surface area contributed by atoms with Gasteiger partial charge in [-0.05, 0) is 62.9 Å². The summed E-state index contributed by atoms with van der Waals surface area (Å²) in [6, 6.07) is 10.1. The summed E-state index contributed by atoms with van der Waals surface area (Å²) in [5.74, 6) is 0.379. The Morgan fingerprint density at radius 3 is 2.53 bits per heavy atom. The van der Waals surface area contributed by atoms with Crippen molar-refractivity contribution in [2.24, 2.45) is 5.92 Å². The van der Waals surface area contributed by atoms with Crippen LogP contribution in [0.25, 0.3) is 11.3 Å². The summed E-state index contributed by atoms with van der Waals surface area (Å²) < 4.78 is 13.4. The molecule has 2 aromatic rings.